The summed E-state index contributed by atoms with van der Waals surface area (Å²) in [7, 11) is 0. The monoisotopic (exact) mass is 242 g/mol. The molecule has 2 atom stereocenters. The first-order valence-electron chi connectivity index (χ1n) is 6.26. The highest BCUT2D eigenvalue weighted by atomic mass is 16.4. The zero-order valence-corrected chi connectivity index (χ0v) is 10.6. The second-order valence-corrected chi connectivity index (χ2v) is 4.84. The summed E-state index contributed by atoms with van der Waals surface area (Å²) in [6.45, 7) is 5.13. The van der Waals surface area contributed by atoms with Gasteiger partial charge in [0, 0.05) is 6.54 Å². The second-order valence-electron chi connectivity index (χ2n) is 4.84. The van der Waals surface area contributed by atoms with E-state index in [4.69, 9.17) is 5.11 Å². The molecule has 1 fully saturated rings. The summed E-state index contributed by atoms with van der Waals surface area (Å²) in [6, 6.07) is -0.821. The Hall–Kier alpha value is -1.10. The first-order valence-corrected chi connectivity index (χ1v) is 6.26. The minimum absolute atomic E-state index is 0.124. The maximum Gasteiger partial charge on any atom is 0.325 e. The highest BCUT2D eigenvalue weighted by molar-refractivity contribution is 5.87. The van der Waals surface area contributed by atoms with Gasteiger partial charge in [-0.1, -0.05) is 13.3 Å². The Kier molecular flexibility index (Phi) is 4.93. The maximum atomic E-state index is 12.2. The Morgan fingerprint density at radius 3 is 2.71 bits per heavy atom. The fourth-order valence-corrected chi connectivity index (χ4v) is 2.38. The molecule has 0 aromatic carbocycles. The van der Waals surface area contributed by atoms with Gasteiger partial charge < -0.3 is 15.7 Å². The lowest BCUT2D eigenvalue weighted by atomic mass is 9.76. The molecule has 5 nitrogen and oxygen atoms in total. The molecule has 0 aromatic rings. The molecular formula is C12H22N2O3. The molecule has 1 aliphatic heterocycles. The van der Waals surface area contributed by atoms with Crippen LogP contribution >= 0.6 is 0 Å². The van der Waals surface area contributed by atoms with Crippen molar-refractivity contribution in [2.24, 2.45) is 5.41 Å². The van der Waals surface area contributed by atoms with Crippen molar-refractivity contribution in [1.29, 1.82) is 0 Å². The average molecular weight is 242 g/mol. The van der Waals surface area contributed by atoms with Gasteiger partial charge in [0.1, 0.15) is 6.04 Å². The van der Waals surface area contributed by atoms with Crippen LogP contribution in [0.5, 0.6) is 0 Å². The number of hydrogen-bond acceptors (Lipinski definition) is 3. The molecule has 17 heavy (non-hydrogen) atoms. The number of piperidine rings is 1. The molecule has 0 radical (unpaired) electrons. The van der Waals surface area contributed by atoms with Gasteiger partial charge in [-0.3, -0.25) is 9.59 Å². The number of amides is 1. The quantitative estimate of drug-likeness (QED) is 0.664. The van der Waals surface area contributed by atoms with E-state index in [1.165, 1.54) is 6.92 Å². The number of aliphatic carboxylic acids is 1. The molecule has 0 aliphatic carbocycles. The summed E-state index contributed by atoms with van der Waals surface area (Å²) in [5.74, 6) is -1.12. The van der Waals surface area contributed by atoms with Gasteiger partial charge in [-0.25, -0.2) is 0 Å². The summed E-state index contributed by atoms with van der Waals surface area (Å²) in [5, 5.41) is 14.6. The standard InChI is InChI=1S/C12H22N2O3/c1-3-5-12(6-4-7-13-8-12)11(17)14-9(2)10(15)16/h9,13H,3-8H2,1-2H3,(H,14,17)(H,15,16)/t9-,12?/m1/s1. The summed E-state index contributed by atoms with van der Waals surface area (Å²) in [4.78, 5) is 23.0. The molecular weight excluding hydrogens is 220 g/mol. The second kappa shape index (κ2) is 6.00. The minimum Gasteiger partial charge on any atom is -0.480 e. The van der Waals surface area contributed by atoms with Crippen molar-refractivity contribution in [3.63, 3.8) is 0 Å². The van der Waals surface area contributed by atoms with Crippen LogP contribution in [0.15, 0.2) is 0 Å². The van der Waals surface area contributed by atoms with Gasteiger partial charge in [-0.15, -0.1) is 0 Å². The third-order valence-corrected chi connectivity index (χ3v) is 3.40. The van der Waals surface area contributed by atoms with Gasteiger partial charge >= 0.3 is 5.97 Å². The van der Waals surface area contributed by atoms with Gasteiger partial charge in [-0.05, 0) is 32.7 Å². The Labute approximate surface area is 102 Å². The van der Waals surface area contributed by atoms with E-state index in [0.29, 0.717) is 6.54 Å². The third-order valence-electron chi connectivity index (χ3n) is 3.40. The van der Waals surface area contributed by atoms with Crippen molar-refractivity contribution in [1.82, 2.24) is 10.6 Å². The van der Waals surface area contributed by atoms with E-state index in [1.54, 1.807) is 0 Å². The summed E-state index contributed by atoms with van der Waals surface area (Å²) >= 11 is 0. The van der Waals surface area contributed by atoms with Crippen LogP contribution in [-0.2, 0) is 9.59 Å². The van der Waals surface area contributed by atoms with Crippen molar-refractivity contribution < 1.29 is 14.7 Å². The Morgan fingerprint density at radius 2 is 2.24 bits per heavy atom. The van der Waals surface area contributed by atoms with Crippen molar-refractivity contribution in [2.75, 3.05) is 13.1 Å². The first kappa shape index (κ1) is 14.0. The van der Waals surface area contributed by atoms with Crippen LogP contribution in [0.3, 0.4) is 0 Å². The number of carboxylic acid groups (broad SMARTS) is 1. The summed E-state index contributed by atoms with van der Waals surface area (Å²) in [5.41, 5.74) is -0.420. The highest BCUT2D eigenvalue weighted by Crippen LogP contribution is 2.31. The van der Waals surface area contributed by atoms with E-state index < -0.39 is 17.4 Å². The van der Waals surface area contributed by atoms with E-state index in [9.17, 15) is 9.59 Å². The topological polar surface area (TPSA) is 78.4 Å². The van der Waals surface area contributed by atoms with Gasteiger partial charge in [0.25, 0.3) is 0 Å². The molecule has 1 unspecified atom stereocenters. The average Bonchev–Trinajstić information content (AvgIpc) is 2.30. The van der Waals surface area contributed by atoms with Crippen LogP contribution in [0.1, 0.15) is 39.5 Å². The van der Waals surface area contributed by atoms with E-state index in [1.807, 2.05) is 6.92 Å². The smallest absolute Gasteiger partial charge is 0.325 e. The Balaban J connectivity index is 2.69. The number of carboxylic acids is 1. The van der Waals surface area contributed by atoms with E-state index in [-0.39, 0.29) is 5.91 Å². The summed E-state index contributed by atoms with van der Waals surface area (Å²) < 4.78 is 0. The lowest BCUT2D eigenvalue weighted by Gasteiger charge is -2.36. The normalized spacial score (nSPS) is 26.2. The Morgan fingerprint density at radius 1 is 1.53 bits per heavy atom. The van der Waals surface area contributed by atoms with Crippen molar-refractivity contribution in [3.8, 4) is 0 Å². The zero-order valence-electron chi connectivity index (χ0n) is 10.6. The predicted molar refractivity (Wildman–Crippen MR) is 64.7 cm³/mol. The van der Waals surface area contributed by atoms with E-state index in [2.05, 4.69) is 10.6 Å². The molecule has 1 heterocycles. The van der Waals surface area contributed by atoms with Crippen molar-refractivity contribution >= 4 is 11.9 Å². The number of carbonyl (C=O) groups is 2. The van der Waals surface area contributed by atoms with Crippen molar-refractivity contribution in [2.45, 2.75) is 45.6 Å². The molecule has 1 rings (SSSR count). The molecule has 0 bridgehead atoms. The predicted octanol–water partition coefficient (Wildman–Crippen LogP) is 0.746. The number of carbonyl (C=O) groups excluding carboxylic acids is 1. The number of hydrogen-bond donors (Lipinski definition) is 3. The highest BCUT2D eigenvalue weighted by Gasteiger charge is 2.39. The molecule has 0 spiro atoms. The lowest BCUT2D eigenvalue weighted by Crippen LogP contribution is -2.53. The van der Waals surface area contributed by atoms with Crippen LogP contribution in [0, 0.1) is 5.41 Å². The van der Waals surface area contributed by atoms with Gasteiger partial charge in [0.15, 0.2) is 0 Å². The van der Waals surface area contributed by atoms with E-state index in [0.717, 1.165) is 32.2 Å². The Bertz CT molecular complexity index is 280. The molecule has 5 heteroatoms. The fourth-order valence-electron chi connectivity index (χ4n) is 2.38. The van der Waals surface area contributed by atoms with Crippen LogP contribution in [-0.4, -0.2) is 36.1 Å². The molecule has 3 N–H and O–H groups in total. The minimum atomic E-state index is -0.992. The maximum absolute atomic E-state index is 12.2. The van der Waals surface area contributed by atoms with Gasteiger partial charge in [0.2, 0.25) is 5.91 Å². The zero-order chi connectivity index (χ0) is 12.9. The molecule has 1 aliphatic rings. The van der Waals surface area contributed by atoms with Crippen LogP contribution in [0.4, 0.5) is 0 Å². The largest absolute Gasteiger partial charge is 0.480 e. The number of rotatable bonds is 5. The van der Waals surface area contributed by atoms with Crippen LogP contribution in [0.2, 0.25) is 0 Å². The SMILES string of the molecule is CCCC1(C(=O)N[C@H](C)C(=O)O)CCCNC1. The molecule has 0 aromatic heterocycles. The fraction of sp³-hybridized carbons (Fsp3) is 0.833. The molecule has 0 saturated carbocycles. The van der Waals surface area contributed by atoms with Crippen LogP contribution in [0.25, 0.3) is 0 Å². The molecule has 1 amide bonds. The van der Waals surface area contributed by atoms with E-state index >= 15 is 0 Å². The lowest BCUT2D eigenvalue weighted by molar-refractivity contribution is -0.144. The van der Waals surface area contributed by atoms with Gasteiger partial charge in [-0.2, -0.15) is 0 Å². The van der Waals surface area contributed by atoms with Crippen molar-refractivity contribution in [3.05, 3.63) is 0 Å². The first-order chi connectivity index (χ1) is 8.02. The number of nitrogens with one attached hydrogen (secondary N) is 2. The third kappa shape index (κ3) is 3.43. The molecule has 1 saturated heterocycles. The van der Waals surface area contributed by atoms with Crippen LogP contribution < -0.4 is 10.6 Å². The van der Waals surface area contributed by atoms with Gasteiger partial charge in [0.05, 0.1) is 5.41 Å². The molecule has 98 valence electrons. The summed E-state index contributed by atoms with van der Waals surface area (Å²) in [6.07, 6.45) is 3.54.